The molecule has 5 heteroatoms. The number of nitrogens with zero attached hydrogens (tertiary/aromatic N) is 1. The topological polar surface area (TPSA) is 58.6 Å². The maximum atomic E-state index is 11.6. The standard InChI is InChI=1S/C15H22N2O3/c1-5-17(6-2)10-13-8-7-12(15(19)20-4)9-14(13)16-11(3)18/h7-9H,5-6,10H2,1-4H3,(H,16,18). The van der Waals surface area contributed by atoms with E-state index in [1.807, 2.05) is 6.07 Å². The average Bonchev–Trinajstić information content (AvgIpc) is 2.44. The summed E-state index contributed by atoms with van der Waals surface area (Å²) < 4.78 is 4.70. The first-order chi connectivity index (χ1) is 9.51. The minimum atomic E-state index is -0.411. The number of amides is 1. The second kappa shape index (κ2) is 7.65. The summed E-state index contributed by atoms with van der Waals surface area (Å²) in [5, 5.41) is 2.77. The summed E-state index contributed by atoms with van der Waals surface area (Å²) in [4.78, 5) is 25.1. The van der Waals surface area contributed by atoms with Crippen LogP contribution in [0.15, 0.2) is 18.2 Å². The zero-order valence-corrected chi connectivity index (χ0v) is 12.5. The molecule has 0 saturated heterocycles. The maximum absolute atomic E-state index is 11.6. The molecule has 1 N–H and O–H groups in total. The number of carbonyl (C=O) groups is 2. The minimum absolute atomic E-state index is 0.159. The molecule has 0 bridgehead atoms. The van der Waals surface area contributed by atoms with Crippen molar-refractivity contribution < 1.29 is 14.3 Å². The number of methoxy groups -OCH3 is 1. The fourth-order valence-electron chi connectivity index (χ4n) is 1.95. The van der Waals surface area contributed by atoms with Gasteiger partial charge in [-0.3, -0.25) is 9.69 Å². The highest BCUT2D eigenvalue weighted by molar-refractivity contribution is 5.94. The third kappa shape index (κ3) is 4.35. The molecule has 1 aromatic carbocycles. The monoisotopic (exact) mass is 278 g/mol. The van der Waals surface area contributed by atoms with Gasteiger partial charge in [-0.25, -0.2) is 4.79 Å². The van der Waals surface area contributed by atoms with Crippen LogP contribution < -0.4 is 5.32 Å². The normalized spacial score (nSPS) is 10.4. The number of anilines is 1. The van der Waals surface area contributed by atoms with Gasteiger partial charge in [0.25, 0.3) is 0 Å². The molecule has 0 unspecified atom stereocenters. The Bertz CT molecular complexity index is 482. The molecular formula is C15H22N2O3. The third-order valence-corrected chi connectivity index (χ3v) is 3.13. The van der Waals surface area contributed by atoms with E-state index in [9.17, 15) is 9.59 Å². The first-order valence-corrected chi connectivity index (χ1v) is 6.73. The van der Waals surface area contributed by atoms with Gasteiger partial charge in [0, 0.05) is 19.2 Å². The molecule has 0 radical (unpaired) electrons. The predicted octanol–water partition coefficient (Wildman–Crippen LogP) is 2.27. The Hall–Kier alpha value is -1.88. The number of carbonyl (C=O) groups excluding carboxylic acids is 2. The van der Waals surface area contributed by atoms with E-state index in [0.29, 0.717) is 11.3 Å². The molecule has 0 saturated carbocycles. The van der Waals surface area contributed by atoms with Crippen molar-refractivity contribution in [2.75, 3.05) is 25.5 Å². The Kier molecular flexibility index (Phi) is 6.18. The molecule has 0 aromatic heterocycles. The van der Waals surface area contributed by atoms with Crippen molar-refractivity contribution in [2.24, 2.45) is 0 Å². The second-order valence-electron chi connectivity index (χ2n) is 4.51. The van der Waals surface area contributed by atoms with Crippen LogP contribution in [0.2, 0.25) is 0 Å². The Morgan fingerprint density at radius 1 is 1.25 bits per heavy atom. The molecule has 5 nitrogen and oxygen atoms in total. The van der Waals surface area contributed by atoms with Crippen LogP contribution in [0, 0.1) is 0 Å². The SMILES string of the molecule is CCN(CC)Cc1ccc(C(=O)OC)cc1NC(C)=O. The first-order valence-electron chi connectivity index (χ1n) is 6.73. The van der Waals surface area contributed by atoms with Crippen LogP contribution in [0.1, 0.15) is 36.7 Å². The van der Waals surface area contributed by atoms with Gasteiger partial charge >= 0.3 is 5.97 Å². The molecule has 0 fully saturated rings. The van der Waals surface area contributed by atoms with Gasteiger partial charge in [-0.15, -0.1) is 0 Å². The largest absolute Gasteiger partial charge is 0.465 e. The molecule has 0 aliphatic rings. The van der Waals surface area contributed by atoms with Gasteiger partial charge < -0.3 is 10.1 Å². The number of benzene rings is 1. The lowest BCUT2D eigenvalue weighted by atomic mass is 10.1. The van der Waals surface area contributed by atoms with E-state index in [2.05, 4.69) is 24.1 Å². The van der Waals surface area contributed by atoms with Crippen LogP contribution in [0.5, 0.6) is 0 Å². The fraction of sp³-hybridized carbons (Fsp3) is 0.467. The Labute approximate surface area is 119 Å². The summed E-state index contributed by atoms with van der Waals surface area (Å²) in [6.07, 6.45) is 0. The molecule has 1 rings (SSSR count). The lowest BCUT2D eigenvalue weighted by molar-refractivity contribution is -0.114. The molecule has 0 aliphatic heterocycles. The highest BCUT2D eigenvalue weighted by Crippen LogP contribution is 2.20. The molecule has 0 spiro atoms. The lowest BCUT2D eigenvalue weighted by Crippen LogP contribution is -2.23. The molecule has 1 aromatic rings. The molecule has 110 valence electrons. The Balaban J connectivity index is 3.09. The molecule has 0 aliphatic carbocycles. The number of rotatable bonds is 6. The van der Waals surface area contributed by atoms with Crippen molar-refractivity contribution in [1.82, 2.24) is 4.90 Å². The molecule has 0 atom stereocenters. The van der Waals surface area contributed by atoms with Gasteiger partial charge in [0.2, 0.25) is 5.91 Å². The minimum Gasteiger partial charge on any atom is -0.465 e. The van der Waals surface area contributed by atoms with E-state index >= 15 is 0 Å². The average molecular weight is 278 g/mol. The molecular weight excluding hydrogens is 256 g/mol. The van der Waals surface area contributed by atoms with Gasteiger partial charge in [-0.2, -0.15) is 0 Å². The summed E-state index contributed by atoms with van der Waals surface area (Å²) in [5.41, 5.74) is 2.07. The number of nitrogens with one attached hydrogen (secondary N) is 1. The van der Waals surface area contributed by atoms with Gasteiger partial charge in [0.1, 0.15) is 0 Å². The lowest BCUT2D eigenvalue weighted by Gasteiger charge is -2.20. The van der Waals surface area contributed by atoms with Gasteiger partial charge in [-0.05, 0) is 30.8 Å². The number of hydrogen-bond acceptors (Lipinski definition) is 4. The smallest absolute Gasteiger partial charge is 0.337 e. The van der Waals surface area contributed by atoms with Crippen molar-refractivity contribution in [1.29, 1.82) is 0 Å². The van der Waals surface area contributed by atoms with Crippen LogP contribution in [0.3, 0.4) is 0 Å². The Morgan fingerprint density at radius 2 is 1.90 bits per heavy atom. The zero-order valence-electron chi connectivity index (χ0n) is 12.5. The van der Waals surface area contributed by atoms with Gasteiger partial charge in [0.05, 0.1) is 12.7 Å². The van der Waals surface area contributed by atoms with Crippen LogP contribution in [0.25, 0.3) is 0 Å². The van der Waals surface area contributed by atoms with E-state index in [0.717, 1.165) is 25.2 Å². The van der Waals surface area contributed by atoms with Crippen molar-refractivity contribution in [3.63, 3.8) is 0 Å². The van der Waals surface area contributed by atoms with Crippen LogP contribution in [0.4, 0.5) is 5.69 Å². The number of ether oxygens (including phenoxy) is 1. The summed E-state index contributed by atoms with van der Waals surface area (Å²) >= 11 is 0. The van der Waals surface area contributed by atoms with Crippen molar-refractivity contribution in [2.45, 2.75) is 27.3 Å². The van der Waals surface area contributed by atoms with Crippen molar-refractivity contribution in [3.05, 3.63) is 29.3 Å². The number of hydrogen-bond donors (Lipinski definition) is 1. The third-order valence-electron chi connectivity index (χ3n) is 3.13. The van der Waals surface area contributed by atoms with E-state index < -0.39 is 5.97 Å². The molecule has 20 heavy (non-hydrogen) atoms. The number of esters is 1. The zero-order chi connectivity index (χ0) is 15.1. The van der Waals surface area contributed by atoms with Gasteiger partial charge in [0.15, 0.2) is 0 Å². The van der Waals surface area contributed by atoms with Crippen molar-refractivity contribution >= 4 is 17.6 Å². The summed E-state index contributed by atoms with van der Waals surface area (Å²) in [6.45, 7) is 8.20. The second-order valence-corrected chi connectivity index (χ2v) is 4.51. The van der Waals surface area contributed by atoms with Gasteiger partial charge in [-0.1, -0.05) is 19.9 Å². The highest BCUT2D eigenvalue weighted by atomic mass is 16.5. The molecule has 0 heterocycles. The van der Waals surface area contributed by atoms with E-state index in [-0.39, 0.29) is 5.91 Å². The maximum Gasteiger partial charge on any atom is 0.337 e. The molecule has 1 amide bonds. The summed E-state index contributed by atoms with van der Waals surface area (Å²) in [7, 11) is 1.34. The van der Waals surface area contributed by atoms with E-state index in [4.69, 9.17) is 4.74 Å². The van der Waals surface area contributed by atoms with Crippen LogP contribution >= 0.6 is 0 Å². The van der Waals surface area contributed by atoms with E-state index in [1.165, 1.54) is 14.0 Å². The van der Waals surface area contributed by atoms with Crippen LogP contribution in [-0.2, 0) is 16.1 Å². The van der Waals surface area contributed by atoms with E-state index in [1.54, 1.807) is 12.1 Å². The highest BCUT2D eigenvalue weighted by Gasteiger charge is 2.12. The summed E-state index contributed by atoms with van der Waals surface area (Å²) in [5.74, 6) is -0.571. The van der Waals surface area contributed by atoms with Crippen molar-refractivity contribution in [3.8, 4) is 0 Å². The fourth-order valence-corrected chi connectivity index (χ4v) is 1.95. The van der Waals surface area contributed by atoms with Crippen LogP contribution in [-0.4, -0.2) is 37.0 Å². The predicted molar refractivity (Wildman–Crippen MR) is 78.7 cm³/mol. The quantitative estimate of drug-likeness (QED) is 0.811. The summed E-state index contributed by atoms with van der Waals surface area (Å²) in [6, 6.07) is 5.23. The Morgan fingerprint density at radius 3 is 2.40 bits per heavy atom. The first kappa shape index (κ1) is 16.2.